The van der Waals surface area contributed by atoms with Gasteiger partial charge in [-0.2, -0.15) is 4.31 Å². The van der Waals surface area contributed by atoms with Crippen molar-refractivity contribution in [2.75, 3.05) is 57.3 Å². The molecule has 11 heteroatoms. The molecule has 222 valence electrons. The van der Waals surface area contributed by atoms with Crippen molar-refractivity contribution in [1.82, 2.24) is 19.5 Å². The molecule has 0 saturated carbocycles. The number of nitrogens with one attached hydrogen (secondary N) is 1. The third-order valence-electron chi connectivity index (χ3n) is 7.32. The summed E-state index contributed by atoms with van der Waals surface area (Å²) in [6, 6.07) is 21.7. The second-order valence-electron chi connectivity index (χ2n) is 10.1. The molecular formula is C31H37N5O4S2. The van der Waals surface area contributed by atoms with Gasteiger partial charge in [-0.3, -0.25) is 9.69 Å². The van der Waals surface area contributed by atoms with Crippen LogP contribution in [0.15, 0.2) is 77.7 Å². The highest BCUT2D eigenvalue weighted by Crippen LogP contribution is 2.32. The predicted octanol–water partition coefficient (Wildman–Crippen LogP) is 4.46. The normalized spacial score (nSPS) is 14.4. The van der Waals surface area contributed by atoms with Crippen LogP contribution in [0.5, 0.6) is 5.75 Å². The number of thiazole rings is 1. The number of aromatic nitrogens is 1. The van der Waals surface area contributed by atoms with Gasteiger partial charge in [-0.05, 0) is 55.0 Å². The first-order chi connectivity index (χ1) is 20.4. The number of carbonyl (C=O) groups excluding carboxylic acids is 1. The van der Waals surface area contributed by atoms with E-state index < -0.39 is 10.0 Å². The Bertz CT molecular complexity index is 1580. The first kappa shape index (κ1) is 30.0. The van der Waals surface area contributed by atoms with E-state index in [9.17, 15) is 13.2 Å². The molecule has 1 aliphatic heterocycles. The Hall–Kier alpha value is -3.51. The van der Waals surface area contributed by atoms with Crippen LogP contribution in [-0.2, 0) is 16.6 Å². The Morgan fingerprint density at radius 2 is 1.74 bits per heavy atom. The van der Waals surface area contributed by atoms with Gasteiger partial charge in [-0.1, -0.05) is 48.6 Å². The first-order valence-corrected chi connectivity index (χ1v) is 16.6. The lowest BCUT2D eigenvalue weighted by Crippen LogP contribution is -2.48. The van der Waals surface area contributed by atoms with Gasteiger partial charge in [0.15, 0.2) is 5.13 Å². The fourth-order valence-electron chi connectivity index (χ4n) is 4.96. The van der Waals surface area contributed by atoms with E-state index in [4.69, 9.17) is 9.72 Å². The van der Waals surface area contributed by atoms with Crippen LogP contribution in [0.25, 0.3) is 10.2 Å². The zero-order valence-corrected chi connectivity index (χ0v) is 25.7. The summed E-state index contributed by atoms with van der Waals surface area (Å²) >= 11 is 1.69. The number of sulfonamides is 1. The molecule has 2 heterocycles. The van der Waals surface area contributed by atoms with Gasteiger partial charge >= 0.3 is 0 Å². The van der Waals surface area contributed by atoms with Crippen molar-refractivity contribution in [3.8, 4) is 5.75 Å². The van der Waals surface area contributed by atoms with Gasteiger partial charge in [0, 0.05) is 57.9 Å². The quantitative estimate of drug-likeness (QED) is 0.254. The molecular weight excluding hydrogens is 571 g/mol. The summed E-state index contributed by atoms with van der Waals surface area (Å²) in [7, 11) is -3.68. The number of piperazine rings is 1. The number of hydrogen-bond acceptors (Lipinski definition) is 8. The van der Waals surface area contributed by atoms with E-state index >= 15 is 0 Å². The number of anilines is 1. The van der Waals surface area contributed by atoms with Gasteiger partial charge in [-0.25, -0.2) is 13.4 Å². The van der Waals surface area contributed by atoms with E-state index in [1.165, 1.54) is 16.4 Å². The van der Waals surface area contributed by atoms with Gasteiger partial charge in [0.1, 0.15) is 5.75 Å². The lowest BCUT2D eigenvalue weighted by atomic mass is 10.2. The summed E-state index contributed by atoms with van der Waals surface area (Å²) < 4.78 is 34.6. The lowest BCUT2D eigenvalue weighted by molar-refractivity contribution is 0.0947. The smallest absolute Gasteiger partial charge is 0.251 e. The number of rotatable bonds is 12. The molecule has 0 aliphatic carbocycles. The maximum atomic E-state index is 13.2. The molecule has 0 radical (unpaired) electrons. The molecule has 4 aromatic rings. The Morgan fingerprint density at radius 1 is 1.00 bits per heavy atom. The zero-order valence-electron chi connectivity index (χ0n) is 24.0. The average Bonchev–Trinajstić information content (AvgIpc) is 3.44. The summed E-state index contributed by atoms with van der Waals surface area (Å²) in [6.07, 6.45) is 0. The Morgan fingerprint density at radius 3 is 2.43 bits per heavy atom. The minimum atomic E-state index is -3.68. The number of fused-ring (bicyclic) bond motifs is 1. The summed E-state index contributed by atoms with van der Waals surface area (Å²) in [4.78, 5) is 22.4. The molecule has 1 N–H and O–H groups in total. The number of hydrogen-bond donors (Lipinski definition) is 1. The largest absolute Gasteiger partial charge is 0.494 e. The van der Waals surface area contributed by atoms with Crippen LogP contribution in [0, 0.1) is 0 Å². The van der Waals surface area contributed by atoms with E-state index in [-0.39, 0.29) is 10.8 Å². The van der Waals surface area contributed by atoms with E-state index in [1.54, 1.807) is 23.5 Å². The summed E-state index contributed by atoms with van der Waals surface area (Å²) in [5.74, 6) is 0.658. The third-order valence-corrected chi connectivity index (χ3v) is 10.3. The van der Waals surface area contributed by atoms with Crippen LogP contribution in [0.3, 0.4) is 0 Å². The molecule has 1 saturated heterocycles. The highest BCUT2D eigenvalue weighted by Gasteiger charge is 2.24. The van der Waals surface area contributed by atoms with Crippen molar-refractivity contribution in [2.24, 2.45) is 0 Å². The van der Waals surface area contributed by atoms with Gasteiger partial charge < -0.3 is 15.0 Å². The van der Waals surface area contributed by atoms with Crippen molar-refractivity contribution >= 4 is 42.6 Å². The van der Waals surface area contributed by atoms with Crippen LogP contribution in [0.4, 0.5) is 5.13 Å². The molecule has 3 aromatic carbocycles. The van der Waals surface area contributed by atoms with Crippen molar-refractivity contribution in [3.05, 3.63) is 83.9 Å². The average molecular weight is 608 g/mol. The minimum absolute atomic E-state index is 0.178. The Balaban J connectivity index is 1.09. The highest BCUT2D eigenvalue weighted by molar-refractivity contribution is 7.89. The Kier molecular flexibility index (Phi) is 9.73. The molecule has 0 spiro atoms. The van der Waals surface area contributed by atoms with E-state index in [0.717, 1.165) is 59.4 Å². The van der Waals surface area contributed by atoms with Gasteiger partial charge in [0.2, 0.25) is 10.0 Å². The topological polar surface area (TPSA) is 95.1 Å². The molecule has 0 bridgehead atoms. The lowest BCUT2D eigenvalue weighted by Gasteiger charge is -2.34. The van der Waals surface area contributed by atoms with Gasteiger partial charge in [-0.15, -0.1) is 0 Å². The molecule has 1 amide bonds. The SMILES string of the molecule is CCOc1ccc2nc(N3CCN(CCNC(=O)c4ccc(S(=O)(=O)N(CC)Cc5ccccc5)cc4)CC3)sc2c1. The van der Waals surface area contributed by atoms with E-state index in [0.29, 0.717) is 31.8 Å². The number of ether oxygens (including phenoxy) is 1. The maximum Gasteiger partial charge on any atom is 0.251 e. The van der Waals surface area contributed by atoms with Crippen LogP contribution in [0.2, 0.25) is 0 Å². The molecule has 1 fully saturated rings. The van der Waals surface area contributed by atoms with Crippen molar-refractivity contribution in [3.63, 3.8) is 0 Å². The van der Waals surface area contributed by atoms with Gasteiger partial charge in [0.25, 0.3) is 5.91 Å². The zero-order chi connectivity index (χ0) is 29.5. The fraction of sp³-hybridized carbons (Fsp3) is 0.355. The molecule has 1 aromatic heterocycles. The van der Waals surface area contributed by atoms with Crippen LogP contribution in [-0.4, -0.2) is 80.9 Å². The van der Waals surface area contributed by atoms with Crippen LogP contribution < -0.4 is 15.0 Å². The van der Waals surface area contributed by atoms with Crippen LogP contribution >= 0.6 is 11.3 Å². The van der Waals surface area contributed by atoms with Crippen molar-refractivity contribution in [2.45, 2.75) is 25.3 Å². The monoisotopic (exact) mass is 607 g/mol. The second-order valence-corrected chi connectivity index (χ2v) is 13.0. The number of amides is 1. The van der Waals surface area contributed by atoms with Gasteiger partial charge in [0.05, 0.1) is 21.7 Å². The Labute approximate surface area is 251 Å². The first-order valence-electron chi connectivity index (χ1n) is 14.3. The molecule has 0 unspecified atom stereocenters. The third kappa shape index (κ3) is 7.09. The molecule has 42 heavy (non-hydrogen) atoms. The van der Waals surface area contributed by atoms with Crippen molar-refractivity contribution < 1.29 is 17.9 Å². The fourth-order valence-corrected chi connectivity index (χ4v) is 7.44. The number of carbonyl (C=O) groups is 1. The molecule has 0 atom stereocenters. The molecule has 5 rings (SSSR count). The number of benzene rings is 3. The minimum Gasteiger partial charge on any atom is -0.494 e. The molecule has 1 aliphatic rings. The summed E-state index contributed by atoms with van der Waals surface area (Å²) in [5.41, 5.74) is 2.35. The standard InChI is InChI=1S/C31H37N5O4S2/c1-3-36(23-24-8-6-5-7-9-24)42(38,39)27-13-10-25(11-14-27)30(37)32-16-17-34-18-20-35(21-19-34)31-33-28-15-12-26(40-4-2)22-29(28)41-31/h5-15,22H,3-4,16-21,23H2,1-2H3,(H,32,37). The summed E-state index contributed by atoms with van der Waals surface area (Å²) in [5, 5.41) is 4.00. The summed E-state index contributed by atoms with van der Waals surface area (Å²) in [6.45, 7) is 9.88. The second kappa shape index (κ2) is 13.6. The van der Waals surface area contributed by atoms with E-state index in [1.807, 2.05) is 56.3 Å². The number of nitrogens with zero attached hydrogens (tertiary/aromatic N) is 4. The van der Waals surface area contributed by atoms with Crippen molar-refractivity contribution in [1.29, 1.82) is 0 Å². The predicted molar refractivity (Wildman–Crippen MR) is 168 cm³/mol. The highest BCUT2D eigenvalue weighted by atomic mass is 32.2. The van der Waals surface area contributed by atoms with Crippen LogP contribution in [0.1, 0.15) is 29.8 Å². The molecule has 9 nitrogen and oxygen atoms in total. The van der Waals surface area contributed by atoms with E-state index in [2.05, 4.69) is 21.2 Å². The maximum absolute atomic E-state index is 13.2.